The normalized spacial score (nSPS) is 14.2. The molecule has 5 rings (SSSR count). The van der Waals surface area contributed by atoms with Gasteiger partial charge in [0.05, 0.1) is 17.4 Å². The van der Waals surface area contributed by atoms with Crippen molar-refractivity contribution in [2.45, 2.75) is 0 Å². The van der Waals surface area contributed by atoms with Gasteiger partial charge in [0.1, 0.15) is 11.2 Å². The molecular formula is C22H19FN6O2. The standard InChI is InChI=1S/C22H19FN6O2/c23-18-9-5-4-8-16(18)21(31)27-10-12-28(13-11-27)22-25-19-17(20(30)26-22)14-24-29(19)15-6-2-1-3-7-15/h1-9,14H,10-13H2,(H,25,26,30). The first-order chi connectivity index (χ1) is 15.1. The fourth-order valence-electron chi connectivity index (χ4n) is 3.74. The summed E-state index contributed by atoms with van der Waals surface area (Å²) in [5.74, 6) is -0.439. The minimum atomic E-state index is -0.527. The number of piperazine rings is 1. The van der Waals surface area contributed by atoms with E-state index in [9.17, 15) is 14.0 Å². The zero-order valence-corrected chi connectivity index (χ0v) is 16.5. The second-order valence-electron chi connectivity index (χ2n) is 7.28. The number of para-hydroxylation sites is 1. The molecule has 1 amide bonds. The van der Waals surface area contributed by atoms with Crippen LogP contribution in [-0.2, 0) is 0 Å². The second-order valence-corrected chi connectivity index (χ2v) is 7.28. The number of rotatable bonds is 3. The molecular weight excluding hydrogens is 399 g/mol. The minimum absolute atomic E-state index is 0.0654. The first-order valence-corrected chi connectivity index (χ1v) is 9.94. The third-order valence-electron chi connectivity index (χ3n) is 5.40. The number of carbonyl (C=O) groups excluding carboxylic acids is 1. The lowest BCUT2D eigenvalue weighted by molar-refractivity contribution is 0.0741. The molecule has 0 bridgehead atoms. The van der Waals surface area contributed by atoms with Gasteiger partial charge in [-0.25, -0.2) is 9.07 Å². The number of halogens is 1. The van der Waals surface area contributed by atoms with E-state index in [1.54, 1.807) is 21.7 Å². The van der Waals surface area contributed by atoms with Crippen LogP contribution < -0.4 is 10.5 Å². The maximum Gasteiger partial charge on any atom is 0.263 e. The van der Waals surface area contributed by atoms with E-state index < -0.39 is 5.82 Å². The Morgan fingerprint density at radius 1 is 0.968 bits per heavy atom. The number of carbonyl (C=O) groups is 1. The number of hydrogen-bond acceptors (Lipinski definition) is 5. The molecule has 8 nitrogen and oxygen atoms in total. The van der Waals surface area contributed by atoms with Crippen LogP contribution in [0.4, 0.5) is 10.3 Å². The lowest BCUT2D eigenvalue weighted by Gasteiger charge is -2.35. The van der Waals surface area contributed by atoms with Gasteiger partial charge in [-0.3, -0.25) is 14.6 Å². The Hall–Kier alpha value is -4.01. The molecule has 0 saturated carbocycles. The summed E-state index contributed by atoms with van der Waals surface area (Å²) < 4.78 is 15.6. The van der Waals surface area contributed by atoms with Gasteiger partial charge in [0, 0.05) is 26.2 Å². The van der Waals surface area contributed by atoms with Crippen LogP contribution in [0.25, 0.3) is 16.7 Å². The van der Waals surface area contributed by atoms with Gasteiger partial charge in [0.15, 0.2) is 5.65 Å². The van der Waals surface area contributed by atoms with Crippen LogP contribution in [-0.4, -0.2) is 56.7 Å². The van der Waals surface area contributed by atoms with E-state index in [0.29, 0.717) is 43.2 Å². The van der Waals surface area contributed by atoms with Crippen molar-refractivity contribution < 1.29 is 9.18 Å². The molecule has 1 aliphatic heterocycles. The smallest absolute Gasteiger partial charge is 0.263 e. The molecule has 2 aromatic carbocycles. The number of anilines is 1. The van der Waals surface area contributed by atoms with E-state index in [2.05, 4.69) is 15.1 Å². The molecule has 4 aromatic rings. The number of H-pyrrole nitrogens is 1. The van der Waals surface area contributed by atoms with E-state index >= 15 is 0 Å². The van der Waals surface area contributed by atoms with Crippen molar-refractivity contribution in [3.63, 3.8) is 0 Å². The molecule has 0 atom stereocenters. The van der Waals surface area contributed by atoms with Gasteiger partial charge in [0.2, 0.25) is 5.95 Å². The van der Waals surface area contributed by atoms with Gasteiger partial charge in [-0.05, 0) is 24.3 Å². The van der Waals surface area contributed by atoms with Gasteiger partial charge in [-0.2, -0.15) is 10.1 Å². The lowest BCUT2D eigenvalue weighted by atomic mass is 10.1. The number of aromatic nitrogens is 4. The fourth-order valence-corrected chi connectivity index (χ4v) is 3.74. The van der Waals surface area contributed by atoms with E-state index in [0.717, 1.165) is 5.69 Å². The number of nitrogens with one attached hydrogen (secondary N) is 1. The Kier molecular flexibility index (Phi) is 4.70. The van der Waals surface area contributed by atoms with Crippen molar-refractivity contribution in [2.24, 2.45) is 0 Å². The van der Waals surface area contributed by atoms with Crippen molar-refractivity contribution >= 4 is 22.9 Å². The molecule has 31 heavy (non-hydrogen) atoms. The monoisotopic (exact) mass is 418 g/mol. The zero-order valence-electron chi connectivity index (χ0n) is 16.5. The van der Waals surface area contributed by atoms with E-state index in [1.807, 2.05) is 35.2 Å². The van der Waals surface area contributed by atoms with E-state index in [-0.39, 0.29) is 17.0 Å². The van der Waals surface area contributed by atoms with Crippen LogP contribution in [0.15, 0.2) is 65.6 Å². The maximum atomic E-state index is 14.0. The lowest BCUT2D eigenvalue weighted by Crippen LogP contribution is -2.49. The number of aromatic amines is 1. The van der Waals surface area contributed by atoms with Crippen LogP contribution in [0.1, 0.15) is 10.4 Å². The Labute approximate surface area is 176 Å². The molecule has 0 radical (unpaired) electrons. The average molecular weight is 418 g/mol. The minimum Gasteiger partial charge on any atom is -0.339 e. The van der Waals surface area contributed by atoms with Crippen LogP contribution in [0.5, 0.6) is 0 Å². The summed E-state index contributed by atoms with van der Waals surface area (Å²) in [6.07, 6.45) is 1.50. The SMILES string of the molecule is O=C(c1ccccc1F)N1CCN(c2nc3c(cnn3-c3ccccc3)c(=O)[nH]2)CC1. The summed E-state index contributed by atoms with van der Waals surface area (Å²) in [6, 6.07) is 15.4. The van der Waals surface area contributed by atoms with Crippen molar-refractivity contribution in [1.29, 1.82) is 0 Å². The third kappa shape index (κ3) is 3.43. The molecule has 0 spiro atoms. The van der Waals surface area contributed by atoms with Gasteiger partial charge in [-0.1, -0.05) is 30.3 Å². The zero-order chi connectivity index (χ0) is 21.4. The van der Waals surface area contributed by atoms with Crippen molar-refractivity contribution in [2.75, 3.05) is 31.1 Å². The highest BCUT2D eigenvalue weighted by atomic mass is 19.1. The highest BCUT2D eigenvalue weighted by Crippen LogP contribution is 2.18. The number of nitrogens with zero attached hydrogens (tertiary/aromatic N) is 5. The summed E-state index contributed by atoms with van der Waals surface area (Å²) in [5.41, 5.74) is 1.07. The molecule has 156 valence electrons. The summed E-state index contributed by atoms with van der Waals surface area (Å²) in [5, 5.41) is 4.72. The molecule has 0 aliphatic carbocycles. The molecule has 1 aliphatic rings. The van der Waals surface area contributed by atoms with E-state index in [4.69, 9.17) is 0 Å². The number of fused-ring (bicyclic) bond motifs is 1. The summed E-state index contributed by atoms with van der Waals surface area (Å²) in [6.45, 7) is 1.72. The molecule has 2 aromatic heterocycles. The van der Waals surface area contributed by atoms with Gasteiger partial charge >= 0.3 is 0 Å². The van der Waals surface area contributed by atoms with Gasteiger partial charge < -0.3 is 9.80 Å². The van der Waals surface area contributed by atoms with Crippen molar-refractivity contribution in [1.82, 2.24) is 24.6 Å². The van der Waals surface area contributed by atoms with Crippen molar-refractivity contribution in [3.8, 4) is 5.69 Å². The van der Waals surface area contributed by atoms with Crippen molar-refractivity contribution in [3.05, 3.63) is 82.5 Å². The Morgan fingerprint density at radius 3 is 2.42 bits per heavy atom. The first kappa shape index (κ1) is 19.0. The molecule has 0 unspecified atom stereocenters. The largest absolute Gasteiger partial charge is 0.339 e. The molecule has 3 heterocycles. The Morgan fingerprint density at radius 2 is 1.68 bits per heavy atom. The number of amides is 1. The highest BCUT2D eigenvalue weighted by molar-refractivity contribution is 5.94. The quantitative estimate of drug-likeness (QED) is 0.551. The van der Waals surface area contributed by atoms with Crippen LogP contribution in [0.2, 0.25) is 0 Å². The van der Waals surface area contributed by atoms with Crippen LogP contribution >= 0.6 is 0 Å². The topological polar surface area (TPSA) is 87.1 Å². The molecule has 9 heteroatoms. The van der Waals surface area contributed by atoms with Gasteiger partial charge in [-0.15, -0.1) is 0 Å². The Bertz CT molecular complexity index is 1310. The highest BCUT2D eigenvalue weighted by Gasteiger charge is 2.25. The second kappa shape index (κ2) is 7.67. The maximum absolute atomic E-state index is 14.0. The Balaban J connectivity index is 1.39. The summed E-state index contributed by atoms with van der Waals surface area (Å²) in [4.78, 5) is 36.2. The number of hydrogen-bond donors (Lipinski definition) is 1. The van der Waals surface area contributed by atoms with E-state index in [1.165, 1.54) is 18.3 Å². The molecule has 1 saturated heterocycles. The predicted molar refractivity (Wildman–Crippen MR) is 114 cm³/mol. The fraction of sp³-hybridized carbons (Fsp3) is 0.182. The first-order valence-electron chi connectivity index (χ1n) is 9.94. The molecule has 1 fully saturated rings. The summed E-state index contributed by atoms with van der Waals surface area (Å²) in [7, 11) is 0. The van der Waals surface area contributed by atoms with Crippen LogP contribution in [0, 0.1) is 5.82 Å². The van der Waals surface area contributed by atoms with Crippen LogP contribution in [0.3, 0.4) is 0 Å². The third-order valence-corrected chi connectivity index (χ3v) is 5.40. The van der Waals surface area contributed by atoms with Gasteiger partial charge in [0.25, 0.3) is 11.5 Å². The molecule has 1 N–H and O–H groups in total. The summed E-state index contributed by atoms with van der Waals surface area (Å²) >= 11 is 0. The predicted octanol–water partition coefficient (Wildman–Crippen LogP) is 2.21. The number of benzene rings is 2. The average Bonchev–Trinajstić information content (AvgIpc) is 3.24.